The molecule has 0 aliphatic carbocycles. The lowest BCUT2D eigenvalue weighted by molar-refractivity contribution is 0.0998. The second kappa shape index (κ2) is 7.02. The number of benzene rings is 2. The van der Waals surface area contributed by atoms with E-state index < -0.39 is 15.7 Å². The average Bonchev–Trinajstić information content (AvgIpc) is 2.45. The highest BCUT2D eigenvalue weighted by molar-refractivity contribution is 7.89. The highest BCUT2D eigenvalue weighted by Crippen LogP contribution is 2.21. The average molecular weight is 367 g/mol. The first kappa shape index (κ1) is 18.0. The third kappa shape index (κ3) is 4.81. The van der Waals surface area contributed by atoms with E-state index in [0.29, 0.717) is 16.8 Å². The molecule has 0 spiro atoms. The number of nitrogens with two attached hydrogens (primary N) is 1. The maximum atomic E-state index is 12.2. The Kier molecular flexibility index (Phi) is 5.26. The van der Waals surface area contributed by atoms with E-state index in [4.69, 9.17) is 17.3 Å². The number of halogens is 1. The second-order valence-corrected chi connectivity index (χ2v) is 7.83. The van der Waals surface area contributed by atoms with Crippen LogP contribution in [-0.2, 0) is 15.6 Å². The van der Waals surface area contributed by atoms with Crippen molar-refractivity contribution in [3.8, 4) is 0 Å². The lowest BCUT2D eigenvalue weighted by Gasteiger charge is -2.08. The first-order valence-corrected chi connectivity index (χ1v) is 9.27. The Hall–Kier alpha value is -2.38. The minimum absolute atomic E-state index is 0.0842. The summed E-state index contributed by atoms with van der Waals surface area (Å²) in [5.74, 6) is -1.12. The Labute approximate surface area is 144 Å². The fourth-order valence-electron chi connectivity index (χ4n) is 2.05. The van der Waals surface area contributed by atoms with E-state index in [1.54, 1.807) is 12.1 Å². The van der Waals surface area contributed by atoms with E-state index >= 15 is 0 Å². The third-order valence-corrected chi connectivity index (χ3v) is 4.31. The van der Waals surface area contributed by atoms with Gasteiger partial charge in [-0.25, -0.2) is 8.42 Å². The van der Waals surface area contributed by atoms with Crippen molar-refractivity contribution < 1.29 is 18.0 Å². The number of carbonyl (C=O) groups is 2. The molecule has 0 saturated carbocycles. The van der Waals surface area contributed by atoms with Crippen LogP contribution < -0.4 is 11.1 Å². The van der Waals surface area contributed by atoms with E-state index in [1.165, 1.54) is 30.3 Å². The van der Waals surface area contributed by atoms with Gasteiger partial charge in [0.1, 0.15) is 0 Å². The Morgan fingerprint density at radius 3 is 2.25 bits per heavy atom. The van der Waals surface area contributed by atoms with Crippen LogP contribution in [0.1, 0.15) is 26.3 Å². The van der Waals surface area contributed by atoms with Crippen molar-refractivity contribution in [2.45, 2.75) is 5.75 Å². The van der Waals surface area contributed by atoms with E-state index in [-0.39, 0.29) is 22.2 Å². The van der Waals surface area contributed by atoms with Crippen LogP contribution in [0.25, 0.3) is 0 Å². The van der Waals surface area contributed by atoms with Crippen LogP contribution in [0.2, 0.25) is 5.02 Å². The van der Waals surface area contributed by atoms with E-state index in [1.807, 2.05) is 0 Å². The molecule has 2 amide bonds. The summed E-state index contributed by atoms with van der Waals surface area (Å²) < 4.78 is 22.5. The van der Waals surface area contributed by atoms with Gasteiger partial charge in [-0.2, -0.15) is 0 Å². The van der Waals surface area contributed by atoms with Gasteiger partial charge in [0, 0.05) is 17.5 Å². The number of anilines is 1. The molecule has 0 bridgehead atoms. The lowest BCUT2D eigenvalue weighted by Crippen LogP contribution is -2.14. The van der Waals surface area contributed by atoms with E-state index in [0.717, 1.165) is 6.26 Å². The summed E-state index contributed by atoms with van der Waals surface area (Å²) in [5, 5.41) is 2.78. The molecule has 0 atom stereocenters. The number of hydrogen-bond acceptors (Lipinski definition) is 4. The predicted molar refractivity (Wildman–Crippen MR) is 92.9 cm³/mol. The van der Waals surface area contributed by atoms with Crippen molar-refractivity contribution in [3.05, 3.63) is 64.2 Å². The molecule has 3 N–H and O–H groups in total. The summed E-state index contributed by atoms with van der Waals surface area (Å²) in [4.78, 5) is 23.3. The minimum Gasteiger partial charge on any atom is -0.366 e. The number of carbonyl (C=O) groups excluding carboxylic acids is 2. The zero-order valence-corrected chi connectivity index (χ0v) is 14.3. The number of amides is 2. The van der Waals surface area contributed by atoms with Crippen molar-refractivity contribution in [1.82, 2.24) is 0 Å². The van der Waals surface area contributed by atoms with Crippen molar-refractivity contribution in [2.24, 2.45) is 5.73 Å². The first-order chi connectivity index (χ1) is 11.2. The van der Waals surface area contributed by atoms with Crippen molar-refractivity contribution >= 4 is 38.9 Å². The molecule has 0 radical (unpaired) electrons. The Balaban J connectivity index is 2.12. The zero-order valence-electron chi connectivity index (χ0n) is 12.7. The van der Waals surface area contributed by atoms with Crippen LogP contribution in [-0.4, -0.2) is 26.5 Å². The lowest BCUT2D eigenvalue weighted by atomic mass is 10.1. The van der Waals surface area contributed by atoms with Gasteiger partial charge < -0.3 is 11.1 Å². The summed E-state index contributed by atoms with van der Waals surface area (Å²) in [6.07, 6.45) is 1.15. The molecule has 0 saturated heterocycles. The van der Waals surface area contributed by atoms with E-state index in [9.17, 15) is 18.0 Å². The molecule has 126 valence electrons. The monoisotopic (exact) mass is 366 g/mol. The van der Waals surface area contributed by atoms with E-state index in [2.05, 4.69) is 5.32 Å². The molecule has 8 heteroatoms. The Morgan fingerprint density at radius 1 is 1.12 bits per heavy atom. The molecule has 0 heterocycles. The van der Waals surface area contributed by atoms with Gasteiger partial charge in [-0.3, -0.25) is 9.59 Å². The van der Waals surface area contributed by atoms with Crippen LogP contribution in [0.3, 0.4) is 0 Å². The number of sulfone groups is 1. The van der Waals surface area contributed by atoms with Crippen molar-refractivity contribution in [2.75, 3.05) is 11.6 Å². The molecule has 0 aromatic heterocycles. The number of nitrogens with one attached hydrogen (secondary N) is 1. The molecule has 6 nitrogen and oxygen atoms in total. The SMILES string of the molecule is CS(=O)(=O)Cc1ccc(C(=O)Nc2ccc(C(N)=O)c(Cl)c2)cc1. The molecule has 24 heavy (non-hydrogen) atoms. The fraction of sp³-hybridized carbons (Fsp3) is 0.125. The van der Waals surface area contributed by atoms with Gasteiger partial charge in [-0.05, 0) is 35.9 Å². The maximum absolute atomic E-state index is 12.2. The second-order valence-electron chi connectivity index (χ2n) is 5.28. The number of hydrogen-bond donors (Lipinski definition) is 2. The van der Waals surface area contributed by atoms with Gasteiger partial charge >= 0.3 is 0 Å². The molecule has 0 aliphatic heterocycles. The van der Waals surface area contributed by atoms with Gasteiger partial charge in [0.25, 0.3) is 5.91 Å². The standard InChI is InChI=1S/C16H15ClN2O4S/c1-24(22,23)9-10-2-4-11(5-3-10)16(21)19-12-6-7-13(15(18)20)14(17)8-12/h2-8H,9H2,1H3,(H2,18,20)(H,19,21). The highest BCUT2D eigenvalue weighted by atomic mass is 35.5. The van der Waals surface area contributed by atoms with Crippen LogP contribution >= 0.6 is 11.6 Å². The van der Waals surface area contributed by atoms with Crippen LogP contribution in [0.4, 0.5) is 5.69 Å². The summed E-state index contributed by atoms with van der Waals surface area (Å²) in [7, 11) is -3.13. The third-order valence-electron chi connectivity index (χ3n) is 3.14. The zero-order chi connectivity index (χ0) is 17.9. The molecule has 2 rings (SSSR count). The van der Waals surface area contributed by atoms with Gasteiger partial charge in [-0.15, -0.1) is 0 Å². The number of rotatable bonds is 5. The summed E-state index contributed by atoms with van der Waals surface area (Å²) >= 11 is 5.93. The van der Waals surface area contributed by atoms with Gasteiger partial charge in [0.2, 0.25) is 5.91 Å². The van der Waals surface area contributed by atoms with Gasteiger partial charge in [0.15, 0.2) is 9.84 Å². The highest BCUT2D eigenvalue weighted by Gasteiger charge is 2.11. The first-order valence-electron chi connectivity index (χ1n) is 6.83. The van der Waals surface area contributed by atoms with Crippen molar-refractivity contribution in [1.29, 1.82) is 0 Å². The molecule has 2 aromatic carbocycles. The minimum atomic E-state index is -3.13. The van der Waals surface area contributed by atoms with Gasteiger partial charge in [0.05, 0.1) is 16.3 Å². The predicted octanol–water partition coefficient (Wildman–Crippen LogP) is 2.24. The quantitative estimate of drug-likeness (QED) is 0.846. The Bertz CT molecular complexity index is 893. The normalized spacial score (nSPS) is 11.1. The molecule has 0 aliphatic rings. The molecular formula is C16H15ClN2O4S. The fourth-order valence-corrected chi connectivity index (χ4v) is 3.12. The van der Waals surface area contributed by atoms with Gasteiger partial charge in [-0.1, -0.05) is 23.7 Å². The van der Waals surface area contributed by atoms with Crippen LogP contribution in [0, 0.1) is 0 Å². The van der Waals surface area contributed by atoms with Crippen LogP contribution in [0.15, 0.2) is 42.5 Å². The summed E-state index contributed by atoms with van der Waals surface area (Å²) in [6, 6.07) is 10.6. The number of primary amides is 1. The maximum Gasteiger partial charge on any atom is 0.255 e. The molecule has 2 aromatic rings. The molecule has 0 fully saturated rings. The summed E-state index contributed by atoms with van der Waals surface area (Å²) in [6.45, 7) is 0. The van der Waals surface area contributed by atoms with Crippen molar-refractivity contribution in [3.63, 3.8) is 0 Å². The topological polar surface area (TPSA) is 106 Å². The molecular weight excluding hydrogens is 352 g/mol. The largest absolute Gasteiger partial charge is 0.366 e. The smallest absolute Gasteiger partial charge is 0.255 e. The van der Waals surface area contributed by atoms with Crippen LogP contribution in [0.5, 0.6) is 0 Å². The Morgan fingerprint density at radius 2 is 1.75 bits per heavy atom. The molecule has 0 unspecified atom stereocenters. The summed E-state index contributed by atoms with van der Waals surface area (Å²) in [5.41, 5.74) is 6.70.